The van der Waals surface area contributed by atoms with Crippen LogP contribution in [-0.4, -0.2) is 20.2 Å². The van der Waals surface area contributed by atoms with Gasteiger partial charge in [-0.15, -0.1) is 5.10 Å². The number of anilines is 1. The molecule has 0 bridgehead atoms. The molecule has 2 rings (SSSR count). The molecule has 0 spiro atoms. The van der Waals surface area contributed by atoms with Crippen molar-refractivity contribution in [3.63, 3.8) is 0 Å². The zero-order valence-corrected chi connectivity index (χ0v) is 12.6. The van der Waals surface area contributed by atoms with Gasteiger partial charge in [0.2, 0.25) is 0 Å². The van der Waals surface area contributed by atoms with Gasteiger partial charge in [0.05, 0.1) is 10.7 Å². The molecule has 2 aromatic rings. The molecule has 0 radical (unpaired) electrons. The maximum Gasteiger partial charge on any atom is 0.183 e. The van der Waals surface area contributed by atoms with Gasteiger partial charge in [-0.2, -0.15) is 0 Å². The van der Waals surface area contributed by atoms with Gasteiger partial charge >= 0.3 is 0 Å². The van der Waals surface area contributed by atoms with Crippen molar-refractivity contribution in [1.82, 2.24) is 20.2 Å². The van der Waals surface area contributed by atoms with Gasteiger partial charge in [-0.3, -0.25) is 0 Å². The number of aromatic nitrogens is 4. The predicted molar refractivity (Wildman–Crippen MR) is 81.4 cm³/mol. The Kier molecular flexibility index (Phi) is 4.95. The summed E-state index contributed by atoms with van der Waals surface area (Å²) in [4.78, 5) is 0. The van der Waals surface area contributed by atoms with Gasteiger partial charge in [0.1, 0.15) is 0 Å². The topological polar surface area (TPSA) is 69.6 Å². The number of rotatable bonds is 6. The van der Waals surface area contributed by atoms with Crippen molar-refractivity contribution in [1.29, 1.82) is 0 Å². The Labute approximate surface area is 124 Å². The Balaban J connectivity index is 2.10. The summed E-state index contributed by atoms with van der Waals surface area (Å²) in [6.07, 6.45) is 3.44. The molecule has 0 saturated heterocycles. The van der Waals surface area contributed by atoms with Crippen molar-refractivity contribution in [3.8, 4) is 11.4 Å². The van der Waals surface area contributed by atoms with Crippen molar-refractivity contribution >= 4 is 17.3 Å². The van der Waals surface area contributed by atoms with E-state index < -0.39 is 0 Å². The van der Waals surface area contributed by atoms with E-state index in [4.69, 9.17) is 17.3 Å². The standard InChI is InChI=1S/C14H20ClN5/c1-10(2)6-3-4-9-20-14(17-18-19-20)11-7-5-8-12(16)13(11)15/h5,7-8,10H,3-4,6,9,16H2,1-2H3. The summed E-state index contributed by atoms with van der Waals surface area (Å²) in [5.74, 6) is 1.40. The number of hydrogen-bond acceptors (Lipinski definition) is 4. The molecule has 20 heavy (non-hydrogen) atoms. The van der Waals surface area contributed by atoms with Crippen LogP contribution in [0.25, 0.3) is 11.4 Å². The third kappa shape index (κ3) is 3.48. The first-order valence-electron chi connectivity index (χ1n) is 6.90. The largest absolute Gasteiger partial charge is 0.398 e. The van der Waals surface area contributed by atoms with Gasteiger partial charge in [0.25, 0.3) is 0 Å². The molecule has 6 heteroatoms. The lowest BCUT2D eigenvalue weighted by Crippen LogP contribution is -2.04. The zero-order chi connectivity index (χ0) is 14.5. The van der Waals surface area contributed by atoms with Gasteiger partial charge in [-0.25, -0.2) is 4.68 Å². The zero-order valence-electron chi connectivity index (χ0n) is 11.9. The van der Waals surface area contributed by atoms with Crippen LogP contribution in [0.5, 0.6) is 0 Å². The second kappa shape index (κ2) is 6.70. The highest BCUT2D eigenvalue weighted by Crippen LogP contribution is 2.30. The molecular weight excluding hydrogens is 274 g/mol. The summed E-state index contributed by atoms with van der Waals surface area (Å²) in [6.45, 7) is 5.25. The quantitative estimate of drug-likeness (QED) is 0.654. The number of halogens is 1. The van der Waals surface area contributed by atoms with Crippen molar-refractivity contribution in [3.05, 3.63) is 23.2 Å². The summed E-state index contributed by atoms with van der Waals surface area (Å²) in [6, 6.07) is 5.51. The Hall–Kier alpha value is -1.62. The summed E-state index contributed by atoms with van der Waals surface area (Å²) in [7, 11) is 0. The number of benzene rings is 1. The fourth-order valence-corrected chi connectivity index (χ4v) is 2.30. The maximum absolute atomic E-state index is 6.23. The van der Waals surface area contributed by atoms with Crippen LogP contribution in [0, 0.1) is 5.92 Å². The van der Waals surface area contributed by atoms with E-state index in [0.29, 0.717) is 16.5 Å². The van der Waals surface area contributed by atoms with Gasteiger partial charge in [0, 0.05) is 12.1 Å². The van der Waals surface area contributed by atoms with Crippen LogP contribution in [0.15, 0.2) is 18.2 Å². The number of hydrogen-bond donors (Lipinski definition) is 1. The summed E-state index contributed by atoms with van der Waals surface area (Å²) >= 11 is 6.23. The van der Waals surface area contributed by atoms with E-state index in [-0.39, 0.29) is 0 Å². The monoisotopic (exact) mass is 293 g/mol. The number of aryl methyl sites for hydroxylation is 1. The number of nitrogens with two attached hydrogens (primary N) is 1. The molecule has 0 aliphatic rings. The molecule has 0 aliphatic carbocycles. The SMILES string of the molecule is CC(C)CCCCn1nnnc1-c1cccc(N)c1Cl. The molecule has 1 heterocycles. The molecule has 108 valence electrons. The Bertz CT molecular complexity index is 564. The molecular formula is C14H20ClN5. The van der Waals surface area contributed by atoms with E-state index in [1.165, 1.54) is 12.8 Å². The molecule has 0 atom stereocenters. The molecule has 0 unspecified atom stereocenters. The molecule has 2 N–H and O–H groups in total. The van der Waals surface area contributed by atoms with Gasteiger partial charge in [0.15, 0.2) is 5.82 Å². The first kappa shape index (κ1) is 14.8. The molecule has 0 amide bonds. The van der Waals surface area contributed by atoms with Crippen molar-refractivity contribution < 1.29 is 0 Å². The van der Waals surface area contributed by atoms with Crippen LogP contribution in [0.4, 0.5) is 5.69 Å². The normalized spacial score (nSPS) is 11.2. The minimum Gasteiger partial charge on any atom is -0.398 e. The highest BCUT2D eigenvalue weighted by Gasteiger charge is 2.13. The number of unbranched alkanes of at least 4 members (excludes halogenated alkanes) is 1. The first-order chi connectivity index (χ1) is 9.59. The van der Waals surface area contributed by atoms with Crippen LogP contribution >= 0.6 is 11.6 Å². The minimum atomic E-state index is 0.505. The van der Waals surface area contributed by atoms with E-state index in [2.05, 4.69) is 29.4 Å². The van der Waals surface area contributed by atoms with Crippen LogP contribution in [0.3, 0.4) is 0 Å². The summed E-state index contributed by atoms with van der Waals surface area (Å²) in [5, 5.41) is 12.4. The van der Waals surface area contributed by atoms with Gasteiger partial charge in [-0.05, 0) is 34.9 Å². The Morgan fingerprint density at radius 3 is 2.85 bits per heavy atom. The van der Waals surface area contributed by atoms with Crippen LogP contribution in [0.1, 0.15) is 33.1 Å². The van der Waals surface area contributed by atoms with E-state index in [1.54, 1.807) is 10.7 Å². The molecule has 1 aromatic heterocycles. The lowest BCUT2D eigenvalue weighted by molar-refractivity contribution is 0.487. The Morgan fingerprint density at radius 2 is 2.10 bits per heavy atom. The average Bonchev–Trinajstić information content (AvgIpc) is 2.86. The van der Waals surface area contributed by atoms with Crippen LogP contribution < -0.4 is 5.73 Å². The van der Waals surface area contributed by atoms with Crippen molar-refractivity contribution in [2.75, 3.05) is 5.73 Å². The second-order valence-electron chi connectivity index (χ2n) is 5.32. The third-order valence-corrected chi connectivity index (χ3v) is 3.62. The molecule has 5 nitrogen and oxygen atoms in total. The lowest BCUT2D eigenvalue weighted by Gasteiger charge is -2.08. The molecule has 0 aliphatic heterocycles. The molecule has 1 aromatic carbocycles. The van der Waals surface area contributed by atoms with Crippen LogP contribution in [0.2, 0.25) is 5.02 Å². The minimum absolute atomic E-state index is 0.505. The maximum atomic E-state index is 6.23. The first-order valence-corrected chi connectivity index (χ1v) is 7.28. The average molecular weight is 294 g/mol. The predicted octanol–water partition coefficient (Wildman–Crippen LogP) is 3.40. The molecule has 0 fully saturated rings. The third-order valence-electron chi connectivity index (χ3n) is 3.20. The second-order valence-corrected chi connectivity index (χ2v) is 5.70. The summed E-state index contributed by atoms with van der Waals surface area (Å²) in [5.41, 5.74) is 7.14. The highest BCUT2D eigenvalue weighted by molar-refractivity contribution is 6.35. The highest BCUT2D eigenvalue weighted by atomic mass is 35.5. The van der Waals surface area contributed by atoms with Crippen molar-refractivity contribution in [2.45, 2.75) is 39.7 Å². The smallest absolute Gasteiger partial charge is 0.183 e. The van der Waals surface area contributed by atoms with Gasteiger partial charge in [-0.1, -0.05) is 44.4 Å². The van der Waals surface area contributed by atoms with E-state index in [0.717, 1.165) is 24.4 Å². The van der Waals surface area contributed by atoms with Crippen LogP contribution in [-0.2, 0) is 6.54 Å². The number of nitrogen functional groups attached to an aromatic ring is 1. The van der Waals surface area contributed by atoms with E-state index >= 15 is 0 Å². The van der Waals surface area contributed by atoms with E-state index in [1.807, 2.05) is 12.1 Å². The van der Waals surface area contributed by atoms with Gasteiger partial charge < -0.3 is 5.73 Å². The van der Waals surface area contributed by atoms with Crippen molar-refractivity contribution in [2.24, 2.45) is 5.92 Å². The number of tetrazole rings is 1. The fourth-order valence-electron chi connectivity index (χ4n) is 2.08. The summed E-state index contributed by atoms with van der Waals surface area (Å²) < 4.78 is 1.79. The number of nitrogens with zero attached hydrogens (tertiary/aromatic N) is 4. The van der Waals surface area contributed by atoms with E-state index in [9.17, 15) is 0 Å². The Morgan fingerprint density at radius 1 is 1.30 bits per heavy atom. The molecule has 0 saturated carbocycles. The fraction of sp³-hybridized carbons (Fsp3) is 0.500. The lowest BCUT2D eigenvalue weighted by atomic mass is 10.1.